The minimum atomic E-state index is -4.94. The van der Waals surface area contributed by atoms with Crippen LogP contribution in [0.3, 0.4) is 0 Å². The Morgan fingerprint density at radius 2 is 1.73 bits per heavy atom. The summed E-state index contributed by atoms with van der Waals surface area (Å²) in [5.74, 6) is -4.94. The Hall–Kier alpha value is -4.33. The van der Waals surface area contributed by atoms with Gasteiger partial charge in [0.25, 0.3) is 11.5 Å². The molecule has 0 fully saturated rings. The number of hydrogen-bond donors (Lipinski definition) is 1. The van der Waals surface area contributed by atoms with Gasteiger partial charge < -0.3 is 14.8 Å². The molecule has 0 bridgehead atoms. The summed E-state index contributed by atoms with van der Waals surface area (Å²) >= 11 is 0.791. The van der Waals surface area contributed by atoms with E-state index in [9.17, 15) is 36.3 Å². The topological polar surface area (TPSA) is 99.5 Å². The Balaban J connectivity index is 1.84. The Bertz CT molecular complexity index is 1540. The highest BCUT2D eigenvalue weighted by Gasteiger charge is 2.31. The van der Waals surface area contributed by atoms with Crippen LogP contribution in [-0.4, -0.2) is 34.6 Å². The Kier molecular flexibility index (Phi) is 6.94. The normalized spacial score (nSPS) is 11.4. The number of benzene rings is 2. The van der Waals surface area contributed by atoms with E-state index in [4.69, 9.17) is 4.74 Å². The number of nitrogens with zero attached hydrogens (tertiary/aromatic N) is 2. The van der Waals surface area contributed by atoms with Gasteiger partial charge in [-0.15, -0.1) is 24.5 Å². The van der Waals surface area contributed by atoms with E-state index >= 15 is 0 Å². The second-order valence-electron chi connectivity index (χ2n) is 7.23. The standard InChI is InChI=1S/C23H14F5N3O5S/c1-2-35-22(34)18-13-10-37-20(29-19(32)17-14(24)4-3-5-15(17)25)16(13)21(33)31(30-18)11-6-8-12(9-7-11)36-23(26,27)28/h3-10H,2H2,1H3,(H,29,32). The average Bonchev–Trinajstić information content (AvgIpc) is 3.23. The molecule has 2 aromatic heterocycles. The molecule has 0 aliphatic carbocycles. The maximum Gasteiger partial charge on any atom is 0.573 e. The highest BCUT2D eigenvalue weighted by Crippen LogP contribution is 2.32. The summed E-state index contributed by atoms with van der Waals surface area (Å²) in [4.78, 5) is 38.6. The van der Waals surface area contributed by atoms with Crippen LogP contribution in [-0.2, 0) is 4.74 Å². The molecular formula is C23H14F5N3O5S. The molecule has 8 nitrogen and oxygen atoms in total. The van der Waals surface area contributed by atoms with Crippen LogP contribution < -0.4 is 15.6 Å². The number of anilines is 1. The zero-order valence-corrected chi connectivity index (χ0v) is 19.4. The first-order valence-corrected chi connectivity index (χ1v) is 11.2. The molecule has 192 valence electrons. The summed E-state index contributed by atoms with van der Waals surface area (Å²) in [6, 6.07) is 6.89. The van der Waals surface area contributed by atoms with E-state index in [0.29, 0.717) is 0 Å². The quantitative estimate of drug-likeness (QED) is 0.272. The third kappa shape index (κ3) is 5.28. The van der Waals surface area contributed by atoms with Crippen LogP contribution in [0, 0.1) is 11.6 Å². The zero-order valence-electron chi connectivity index (χ0n) is 18.6. The number of thiophene rings is 1. The van der Waals surface area contributed by atoms with E-state index in [0.717, 1.165) is 58.5 Å². The predicted molar refractivity (Wildman–Crippen MR) is 122 cm³/mol. The second-order valence-corrected chi connectivity index (χ2v) is 8.11. The first kappa shape index (κ1) is 25.8. The highest BCUT2D eigenvalue weighted by molar-refractivity contribution is 7.16. The third-order valence-corrected chi connectivity index (χ3v) is 5.75. The fourth-order valence-electron chi connectivity index (χ4n) is 3.34. The number of aromatic nitrogens is 2. The molecule has 2 aromatic carbocycles. The highest BCUT2D eigenvalue weighted by atomic mass is 32.1. The van der Waals surface area contributed by atoms with Gasteiger partial charge in [-0.05, 0) is 43.3 Å². The van der Waals surface area contributed by atoms with Gasteiger partial charge in [0.15, 0.2) is 5.69 Å². The number of carbonyl (C=O) groups excluding carboxylic acids is 2. The number of rotatable bonds is 6. The van der Waals surface area contributed by atoms with E-state index in [-0.39, 0.29) is 33.8 Å². The van der Waals surface area contributed by atoms with Gasteiger partial charge in [-0.1, -0.05) is 6.07 Å². The molecular weight excluding hydrogens is 525 g/mol. The summed E-state index contributed by atoms with van der Waals surface area (Å²) in [5, 5.41) is 7.23. The van der Waals surface area contributed by atoms with Gasteiger partial charge in [-0.2, -0.15) is 9.78 Å². The van der Waals surface area contributed by atoms with Crippen molar-refractivity contribution < 1.29 is 41.0 Å². The van der Waals surface area contributed by atoms with Crippen LogP contribution in [0.1, 0.15) is 27.8 Å². The van der Waals surface area contributed by atoms with Crippen molar-refractivity contribution >= 4 is 39.0 Å². The van der Waals surface area contributed by atoms with Crippen LogP contribution in [0.5, 0.6) is 5.75 Å². The molecule has 14 heteroatoms. The predicted octanol–water partition coefficient (Wildman–Crippen LogP) is 5.05. The lowest BCUT2D eigenvalue weighted by molar-refractivity contribution is -0.274. The molecule has 0 unspecified atom stereocenters. The number of alkyl halides is 3. The number of nitrogens with one attached hydrogen (secondary N) is 1. The molecule has 4 rings (SSSR count). The first-order chi connectivity index (χ1) is 17.5. The summed E-state index contributed by atoms with van der Waals surface area (Å²) in [6.07, 6.45) is -4.94. The molecule has 4 aromatic rings. The van der Waals surface area contributed by atoms with Crippen molar-refractivity contribution in [2.75, 3.05) is 11.9 Å². The van der Waals surface area contributed by atoms with Crippen LogP contribution in [0.15, 0.2) is 52.6 Å². The van der Waals surface area contributed by atoms with Gasteiger partial charge in [0, 0.05) is 10.8 Å². The van der Waals surface area contributed by atoms with Gasteiger partial charge in [-0.3, -0.25) is 9.59 Å². The molecule has 0 aliphatic heterocycles. The number of amides is 1. The zero-order chi connectivity index (χ0) is 26.9. The van der Waals surface area contributed by atoms with E-state index in [2.05, 4.69) is 15.2 Å². The number of fused-ring (bicyclic) bond motifs is 1. The minimum absolute atomic E-state index is 0.00831. The fraction of sp³-hybridized carbons (Fsp3) is 0.130. The van der Waals surface area contributed by atoms with Gasteiger partial charge in [-0.25, -0.2) is 13.6 Å². The number of esters is 1. The summed E-state index contributed by atoms with van der Waals surface area (Å²) < 4.78 is 75.1. The summed E-state index contributed by atoms with van der Waals surface area (Å²) in [7, 11) is 0. The van der Waals surface area contributed by atoms with Gasteiger partial charge in [0.1, 0.15) is 27.9 Å². The molecule has 0 spiro atoms. The largest absolute Gasteiger partial charge is 0.573 e. The molecule has 0 saturated heterocycles. The van der Waals surface area contributed by atoms with Crippen molar-refractivity contribution in [3.05, 3.63) is 81.1 Å². The lowest BCUT2D eigenvalue weighted by Gasteiger charge is -2.12. The van der Waals surface area contributed by atoms with Crippen molar-refractivity contribution in [3.8, 4) is 11.4 Å². The van der Waals surface area contributed by atoms with E-state index < -0.39 is 46.7 Å². The number of halogens is 5. The molecule has 1 amide bonds. The minimum Gasteiger partial charge on any atom is -0.461 e. The van der Waals surface area contributed by atoms with Crippen LogP contribution in [0.4, 0.5) is 27.0 Å². The van der Waals surface area contributed by atoms with Crippen LogP contribution in [0.25, 0.3) is 16.5 Å². The van der Waals surface area contributed by atoms with Crippen molar-refractivity contribution in [1.82, 2.24) is 9.78 Å². The molecule has 2 heterocycles. The monoisotopic (exact) mass is 539 g/mol. The van der Waals surface area contributed by atoms with E-state index in [1.165, 1.54) is 12.3 Å². The molecule has 0 aliphatic rings. The summed E-state index contributed by atoms with van der Waals surface area (Å²) in [5.41, 5.74) is -2.14. The Morgan fingerprint density at radius 3 is 2.32 bits per heavy atom. The fourth-order valence-corrected chi connectivity index (χ4v) is 4.27. The lowest BCUT2D eigenvalue weighted by Crippen LogP contribution is -2.26. The third-order valence-electron chi connectivity index (χ3n) is 4.85. The maximum atomic E-state index is 14.1. The molecule has 1 N–H and O–H groups in total. The number of carbonyl (C=O) groups is 2. The van der Waals surface area contributed by atoms with Gasteiger partial charge in [0.2, 0.25) is 0 Å². The SMILES string of the molecule is CCOC(=O)c1nn(-c2ccc(OC(F)(F)F)cc2)c(=O)c2c(NC(=O)c3c(F)cccc3F)scc12. The smallest absolute Gasteiger partial charge is 0.461 e. The van der Waals surface area contributed by atoms with Gasteiger partial charge >= 0.3 is 12.3 Å². The average molecular weight is 539 g/mol. The van der Waals surface area contributed by atoms with Crippen molar-refractivity contribution in [3.63, 3.8) is 0 Å². The molecule has 37 heavy (non-hydrogen) atoms. The lowest BCUT2D eigenvalue weighted by atomic mass is 10.1. The van der Waals surface area contributed by atoms with E-state index in [1.807, 2.05) is 0 Å². The number of hydrogen-bond acceptors (Lipinski definition) is 7. The Morgan fingerprint density at radius 1 is 1.08 bits per heavy atom. The Labute approximate surface area is 207 Å². The maximum absolute atomic E-state index is 14.1. The molecule has 0 radical (unpaired) electrons. The molecule has 0 atom stereocenters. The van der Waals surface area contributed by atoms with Crippen molar-refractivity contribution in [1.29, 1.82) is 0 Å². The van der Waals surface area contributed by atoms with Crippen molar-refractivity contribution in [2.45, 2.75) is 13.3 Å². The second kappa shape index (κ2) is 9.97. The van der Waals surface area contributed by atoms with E-state index in [1.54, 1.807) is 0 Å². The number of ether oxygens (including phenoxy) is 2. The van der Waals surface area contributed by atoms with Crippen LogP contribution >= 0.6 is 11.3 Å². The molecule has 0 saturated carbocycles. The van der Waals surface area contributed by atoms with Gasteiger partial charge in [0.05, 0.1) is 17.7 Å². The first-order valence-electron chi connectivity index (χ1n) is 10.3. The van der Waals surface area contributed by atoms with Crippen LogP contribution in [0.2, 0.25) is 0 Å². The summed E-state index contributed by atoms with van der Waals surface area (Å²) in [6.45, 7) is 1.50. The van der Waals surface area contributed by atoms with Crippen molar-refractivity contribution in [2.24, 2.45) is 0 Å².